The summed E-state index contributed by atoms with van der Waals surface area (Å²) in [5, 5.41) is 3.55. The summed E-state index contributed by atoms with van der Waals surface area (Å²) in [6.45, 7) is 6.63. The Kier molecular flexibility index (Phi) is 4.67. The molecule has 4 nitrogen and oxygen atoms in total. The van der Waals surface area contributed by atoms with E-state index in [2.05, 4.69) is 5.32 Å². The highest BCUT2D eigenvalue weighted by molar-refractivity contribution is 6.31. The number of rotatable bonds is 2. The fourth-order valence-corrected chi connectivity index (χ4v) is 2.90. The Morgan fingerprint density at radius 3 is 2.75 bits per heavy atom. The summed E-state index contributed by atoms with van der Waals surface area (Å²) >= 11 is 6.10. The first-order valence-electron chi connectivity index (χ1n) is 8.10. The number of carbonyl (C=O) groups is 1. The van der Waals surface area contributed by atoms with E-state index in [0.29, 0.717) is 23.0 Å². The van der Waals surface area contributed by atoms with Crippen molar-refractivity contribution in [2.75, 3.05) is 16.8 Å². The molecule has 0 bridgehead atoms. The van der Waals surface area contributed by atoms with Gasteiger partial charge in [-0.15, -0.1) is 0 Å². The Morgan fingerprint density at radius 2 is 2.04 bits per heavy atom. The van der Waals surface area contributed by atoms with Crippen LogP contribution in [0.2, 0.25) is 5.02 Å². The standard InChI is InChI=1S/C19H21ClN2O2/c1-4-16-11-22(17-10-14(20)6-8-18(17)24-16)19(23)21-15-7-5-12(2)13(3)9-15/h5-10,16H,4,11H2,1-3H3,(H,21,23)/t16-/m1/s1. The monoisotopic (exact) mass is 344 g/mol. The highest BCUT2D eigenvalue weighted by atomic mass is 35.5. The van der Waals surface area contributed by atoms with Gasteiger partial charge in [0.25, 0.3) is 0 Å². The summed E-state index contributed by atoms with van der Waals surface area (Å²) in [7, 11) is 0. The second kappa shape index (κ2) is 6.73. The molecule has 0 unspecified atom stereocenters. The van der Waals surface area contributed by atoms with Crippen LogP contribution in [0.15, 0.2) is 36.4 Å². The molecule has 2 aromatic carbocycles. The summed E-state index contributed by atoms with van der Waals surface area (Å²) < 4.78 is 5.92. The number of carbonyl (C=O) groups excluding carboxylic acids is 1. The molecule has 1 N–H and O–H groups in total. The second-order valence-electron chi connectivity index (χ2n) is 6.10. The van der Waals surface area contributed by atoms with Crippen LogP contribution in [-0.2, 0) is 0 Å². The lowest BCUT2D eigenvalue weighted by Crippen LogP contribution is -2.45. The number of amides is 2. The Bertz CT molecular complexity index is 776. The average Bonchev–Trinajstić information content (AvgIpc) is 2.57. The smallest absolute Gasteiger partial charge is 0.326 e. The van der Waals surface area contributed by atoms with Gasteiger partial charge in [-0.05, 0) is 61.7 Å². The van der Waals surface area contributed by atoms with Crippen LogP contribution in [0.3, 0.4) is 0 Å². The van der Waals surface area contributed by atoms with E-state index in [1.165, 1.54) is 5.56 Å². The van der Waals surface area contributed by atoms with Gasteiger partial charge in [-0.3, -0.25) is 4.90 Å². The number of fused-ring (bicyclic) bond motifs is 1. The van der Waals surface area contributed by atoms with E-state index in [9.17, 15) is 4.79 Å². The number of aryl methyl sites for hydroxylation is 2. The molecule has 0 radical (unpaired) electrons. The van der Waals surface area contributed by atoms with Gasteiger partial charge in [0.15, 0.2) is 0 Å². The van der Waals surface area contributed by atoms with Gasteiger partial charge < -0.3 is 10.1 Å². The molecule has 1 aliphatic heterocycles. The minimum absolute atomic E-state index is 0.0239. The van der Waals surface area contributed by atoms with Crippen LogP contribution in [0, 0.1) is 13.8 Å². The number of hydrogen-bond donors (Lipinski definition) is 1. The van der Waals surface area contributed by atoms with Crippen LogP contribution in [-0.4, -0.2) is 18.7 Å². The minimum Gasteiger partial charge on any atom is -0.486 e. The van der Waals surface area contributed by atoms with Crippen molar-refractivity contribution in [3.8, 4) is 5.75 Å². The number of ether oxygens (including phenoxy) is 1. The number of urea groups is 1. The Hall–Kier alpha value is -2.20. The van der Waals surface area contributed by atoms with Gasteiger partial charge >= 0.3 is 6.03 Å². The van der Waals surface area contributed by atoms with Crippen molar-refractivity contribution >= 4 is 29.0 Å². The van der Waals surface area contributed by atoms with Gasteiger partial charge in [-0.25, -0.2) is 4.79 Å². The zero-order valence-corrected chi connectivity index (χ0v) is 14.9. The first-order chi connectivity index (χ1) is 11.5. The van der Waals surface area contributed by atoms with Crippen molar-refractivity contribution in [2.24, 2.45) is 0 Å². The molecular weight excluding hydrogens is 324 g/mol. The zero-order valence-electron chi connectivity index (χ0n) is 14.1. The van der Waals surface area contributed by atoms with E-state index in [-0.39, 0.29) is 12.1 Å². The molecule has 2 amide bonds. The summed E-state index contributed by atoms with van der Waals surface area (Å²) in [5.74, 6) is 0.688. The van der Waals surface area contributed by atoms with Gasteiger partial charge in [-0.1, -0.05) is 24.6 Å². The van der Waals surface area contributed by atoms with Crippen LogP contribution in [0.4, 0.5) is 16.2 Å². The molecule has 0 aromatic heterocycles. The third-order valence-electron chi connectivity index (χ3n) is 4.35. The highest BCUT2D eigenvalue weighted by Gasteiger charge is 2.29. The van der Waals surface area contributed by atoms with Crippen molar-refractivity contribution < 1.29 is 9.53 Å². The molecule has 0 saturated carbocycles. The first kappa shape index (κ1) is 16.7. The van der Waals surface area contributed by atoms with Crippen molar-refractivity contribution in [3.63, 3.8) is 0 Å². The lowest BCUT2D eigenvalue weighted by molar-refractivity contribution is 0.188. The van der Waals surface area contributed by atoms with E-state index in [1.807, 2.05) is 45.0 Å². The minimum atomic E-state index is -0.177. The van der Waals surface area contributed by atoms with Crippen molar-refractivity contribution in [3.05, 3.63) is 52.5 Å². The van der Waals surface area contributed by atoms with E-state index in [4.69, 9.17) is 16.3 Å². The van der Waals surface area contributed by atoms with Crippen molar-refractivity contribution in [1.82, 2.24) is 0 Å². The fourth-order valence-electron chi connectivity index (χ4n) is 2.73. The molecule has 1 atom stereocenters. The third kappa shape index (κ3) is 3.34. The Balaban J connectivity index is 1.88. The molecule has 3 rings (SSSR count). The van der Waals surface area contributed by atoms with Gasteiger partial charge in [0.05, 0.1) is 12.2 Å². The number of anilines is 2. The molecular formula is C19H21ClN2O2. The third-order valence-corrected chi connectivity index (χ3v) is 4.59. The molecule has 0 spiro atoms. The summed E-state index contributed by atoms with van der Waals surface area (Å²) in [4.78, 5) is 14.5. The molecule has 0 saturated heterocycles. The van der Waals surface area contributed by atoms with Crippen LogP contribution in [0.1, 0.15) is 24.5 Å². The van der Waals surface area contributed by atoms with Gasteiger partial charge in [-0.2, -0.15) is 0 Å². The Labute approximate surface area is 147 Å². The molecule has 24 heavy (non-hydrogen) atoms. The number of nitrogens with one attached hydrogen (secondary N) is 1. The first-order valence-corrected chi connectivity index (χ1v) is 8.47. The highest BCUT2D eigenvalue weighted by Crippen LogP contribution is 2.36. The fraction of sp³-hybridized carbons (Fsp3) is 0.316. The molecule has 0 aliphatic carbocycles. The maximum atomic E-state index is 12.8. The number of halogens is 1. The molecule has 1 aliphatic rings. The molecule has 2 aromatic rings. The van der Waals surface area contributed by atoms with Gasteiger partial charge in [0, 0.05) is 10.7 Å². The molecule has 5 heteroatoms. The molecule has 1 heterocycles. The average molecular weight is 345 g/mol. The van der Waals surface area contributed by atoms with E-state index >= 15 is 0 Å². The second-order valence-corrected chi connectivity index (χ2v) is 6.54. The largest absolute Gasteiger partial charge is 0.486 e. The van der Waals surface area contributed by atoms with Crippen LogP contribution < -0.4 is 15.0 Å². The maximum absolute atomic E-state index is 12.8. The predicted molar refractivity (Wildman–Crippen MR) is 98.4 cm³/mol. The SMILES string of the molecule is CC[C@@H]1CN(C(=O)Nc2ccc(C)c(C)c2)c2cc(Cl)ccc2O1. The van der Waals surface area contributed by atoms with Crippen LogP contribution in [0.5, 0.6) is 5.75 Å². The quantitative estimate of drug-likeness (QED) is 0.816. The lowest BCUT2D eigenvalue weighted by atomic mass is 10.1. The normalized spacial score (nSPS) is 16.3. The van der Waals surface area contributed by atoms with Gasteiger partial charge in [0.1, 0.15) is 11.9 Å². The Morgan fingerprint density at radius 1 is 1.25 bits per heavy atom. The molecule has 126 valence electrons. The van der Waals surface area contributed by atoms with Crippen LogP contribution >= 0.6 is 11.6 Å². The number of benzene rings is 2. The van der Waals surface area contributed by atoms with Crippen molar-refractivity contribution in [1.29, 1.82) is 0 Å². The van der Waals surface area contributed by atoms with Crippen molar-refractivity contribution in [2.45, 2.75) is 33.3 Å². The number of nitrogens with zero attached hydrogens (tertiary/aromatic N) is 1. The van der Waals surface area contributed by atoms with Crippen LogP contribution in [0.25, 0.3) is 0 Å². The van der Waals surface area contributed by atoms with E-state index < -0.39 is 0 Å². The van der Waals surface area contributed by atoms with E-state index in [1.54, 1.807) is 17.0 Å². The summed E-state index contributed by atoms with van der Waals surface area (Å²) in [6.07, 6.45) is 0.805. The zero-order chi connectivity index (χ0) is 17.3. The van der Waals surface area contributed by atoms with Gasteiger partial charge in [0.2, 0.25) is 0 Å². The lowest BCUT2D eigenvalue weighted by Gasteiger charge is -2.34. The number of hydrogen-bond acceptors (Lipinski definition) is 2. The topological polar surface area (TPSA) is 41.6 Å². The predicted octanol–water partition coefficient (Wildman–Crippen LogP) is 5.17. The molecule has 0 fully saturated rings. The summed E-state index contributed by atoms with van der Waals surface area (Å²) in [6, 6.07) is 11.1. The summed E-state index contributed by atoms with van der Waals surface area (Å²) in [5.41, 5.74) is 3.83. The van der Waals surface area contributed by atoms with E-state index in [0.717, 1.165) is 17.7 Å². The maximum Gasteiger partial charge on any atom is 0.326 e.